The van der Waals surface area contributed by atoms with Gasteiger partial charge in [-0.1, -0.05) is 6.07 Å². The number of benzene rings is 1. The van der Waals surface area contributed by atoms with Crippen molar-refractivity contribution in [3.63, 3.8) is 0 Å². The minimum Gasteiger partial charge on any atom is -0.493 e. The topological polar surface area (TPSA) is 54.9 Å². The number of halogens is 1. The fourth-order valence-electron chi connectivity index (χ4n) is 2.35. The molecule has 1 heterocycles. The van der Waals surface area contributed by atoms with Gasteiger partial charge in [0.15, 0.2) is 17.5 Å². The SMILES string of the molecule is CCNC(=NCc1ccc(OC)c(OCC)c1)NCc1sccc1C.I. The highest BCUT2D eigenvalue weighted by molar-refractivity contribution is 14.0. The lowest BCUT2D eigenvalue weighted by atomic mass is 10.2. The zero-order valence-corrected chi connectivity index (χ0v) is 18.9. The minimum atomic E-state index is 0. The van der Waals surface area contributed by atoms with E-state index in [1.54, 1.807) is 18.4 Å². The van der Waals surface area contributed by atoms with Crippen molar-refractivity contribution in [3.8, 4) is 11.5 Å². The second-order valence-electron chi connectivity index (χ2n) is 5.49. The molecule has 1 aromatic heterocycles. The van der Waals surface area contributed by atoms with E-state index in [-0.39, 0.29) is 24.0 Å². The molecule has 1 aromatic carbocycles. The van der Waals surface area contributed by atoms with Gasteiger partial charge in [-0.15, -0.1) is 35.3 Å². The van der Waals surface area contributed by atoms with Crippen LogP contribution in [0.4, 0.5) is 0 Å². The maximum atomic E-state index is 5.63. The van der Waals surface area contributed by atoms with E-state index in [1.807, 2.05) is 25.1 Å². The summed E-state index contributed by atoms with van der Waals surface area (Å²) in [5.41, 5.74) is 2.39. The van der Waals surface area contributed by atoms with Crippen molar-refractivity contribution in [1.82, 2.24) is 10.6 Å². The highest BCUT2D eigenvalue weighted by Crippen LogP contribution is 2.28. The van der Waals surface area contributed by atoms with Gasteiger partial charge >= 0.3 is 0 Å². The molecule has 5 nitrogen and oxygen atoms in total. The quantitative estimate of drug-likeness (QED) is 0.329. The van der Waals surface area contributed by atoms with Crippen LogP contribution in [-0.4, -0.2) is 26.2 Å². The number of hydrogen-bond donors (Lipinski definition) is 2. The predicted octanol–water partition coefficient (Wildman–Crippen LogP) is 4.34. The summed E-state index contributed by atoms with van der Waals surface area (Å²) in [6, 6.07) is 8.06. The summed E-state index contributed by atoms with van der Waals surface area (Å²) in [5, 5.41) is 8.79. The lowest BCUT2D eigenvalue weighted by Gasteiger charge is -2.12. The van der Waals surface area contributed by atoms with Crippen LogP contribution in [0.1, 0.15) is 29.9 Å². The molecule has 0 bridgehead atoms. The molecule has 7 heteroatoms. The first-order chi connectivity index (χ1) is 12.2. The molecule has 0 amide bonds. The maximum Gasteiger partial charge on any atom is 0.191 e. The third-order valence-corrected chi connectivity index (χ3v) is 4.70. The Kier molecular flexibility index (Phi) is 10.4. The lowest BCUT2D eigenvalue weighted by Crippen LogP contribution is -2.36. The molecule has 0 atom stereocenters. The van der Waals surface area contributed by atoms with Crippen molar-refractivity contribution in [2.75, 3.05) is 20.3 Å². The third-order valence-electron chi connectivity index (χ3n) is 3.68. The number of nitrogens with zero attached hydrogens (tertiary/aromatic N) is 1. The Morgan fingerprint density at radius 2 is 1.96 bits per heavy atom. The van der Waals surface area contributed by atoms with E-state index < -0.39 is 0 Å². The monoisotopic (exact) mass is 489 g/mol. The summed E-state index contributed by atoms with van der Waals surface area (Å²) in [5.74, 6) is 2.31. The van der Waals surface area contributed by atoms with E-state index in [9.17, 15) is 0 Å². The van der Waals surface area contributed by atoms with Crippen LogP contribution in [0.25, 0.3) is 0 Å². The van der Waals surface area contributed by atoms with E-state index in [2.05, 4.69) is 40.9 Å². The number of aryl methyl sites for hydroxylation is 1. The van der Waals surface area contributed by atoms with Crippen molar-refractivity contribution in [1.29, 1.82) is 0 Å². The fraction of sp³-hybridized carbons (Fsp3) is 0.421. The van der Waals surface area contributed by atoms with E-state index in [0.717, 1.165) is 36.1 Å². The fourth-order valence-corrected chi connectivity index (χ4v) is 3.19. The maximum absolute atomic E-state index is 5.63. The number of rotatable bonds is 8. The molecule has 0 radical (unpaired) electrons. The molecule has 2 N–H and O–H groups in total. The average molecular weight is 489 g/mol. The molecule has 2 aromatic rings. The molecule has 26 heavy (non-hydrogen) atoms. The predicted molar refractivity (Wildman–Crippen MR) is 120 cm³/mol. The number of ether oxygens (including phenoxy) is 2. The van der Waals surface area contributed by atoms with Gasteiger partial charge in [0.05, 0.1) is 26.8 Å². The van der Waals surface area contributed by atoms with Crippen molar-refractivity contribution in [2.45, 2.75) is 33.9 Å². The summed E-state index contributed by atoms with van der Waals surface area (Å²) >= 11 is 1.76. The zero-order chi connectivity index (χ0) is 18.1. The summed E-state index contributed by atoms with van der Waals surface area (Å²) in [4.78, 5) is 6.00. The van der Waals surface area contributed by atoms with Gasteiger partial charge in [0.1, 0.15) is 0 Å². The van der Waals surface area contributed by atoms with Crippen molar-refractivity contribution in [3.05, 3.63) is 45.6 Å². The molecule has 144 valence electrons. The molecule has 0 aliphatic rings. The van der Waals surface area contributed by atoms with Crippen LogP contribution in [0.2, 0.25) is 0 Å². The Morgan fingerprint density at radius 1 is 1.15 bits per heavy atom. The van der Waals surface area contributed by atoms with Crippen LogP contribution in [0.3, 0.4) is 0 Å². The van der Waals surface area contributed by atoms with Gasteiger partial charge in [-0.05, 0) is 55.5 Å². The first-order valence-corrected chi connectivity index (χ1v) is 9.40. The van der Waals surface area contributed by atoms with Crippen LogP contribution < -0.4 is 20.1 Å². The molecule has 2 rings (SSSR count). The Hall–Kier alpha value is -1.48. The highest BCUT2D eigenvalue weighted by Gasteiger charge is 2.06. The standard InChI is InChI=1S/C19H27N3O2S.HI/c1-5-20-19(22-13-18-14(3)9-10-25-18)21-12-15-7-8-16(23-4)17(11-15)24-6-2;/h7-11H,5-6,12-13H2,1-4H3,(H2,20,21,22);1H. The normalized spacial score (nSPS) is 10.8. The molecule has 0 aliphatic heterocycles. The van der Waals surface area contributed by atoms with E-state index in [4.69, 9.17) is 9.47 Å². The Balaban J connectivity index is 0.00000338. The Bertz CT molecular complexity index is 704. The number of hydrogen-bond acceptors (Lipinski definition) is 4. The van der Waals surface area contributed by atoms with Gasteiger partial charge in [0.25, 0.3) is 0 Å². The van der Waals surface area contributed by atoms with Crippen LogP contribution in [-0.2, 0) is 13.1 Å². The second kappa shape index (κ2) is 12.0. The van der Waals surface area contributed by atoms with Crippen LogP contribution in [0.15, 0.2) is 34.6 Å². The highest BCUT2D eigenvalue weighted by atomic mass is 127. The van der Waals surface area contributed by atoms with Gasteiger partial charge in [-0.2, -0.15) is 0 Å². The van der Waals surface area contributed by atoms with E-state index in [1.165, 1.54) is 10.4 Å². The summed E-state index contributed by atoms with van der Waals surface area (Å²) < 4.78 is 11.0. The number of aliphatic imine (C=N–C) groups is 1. The summed E-state index contributed by atoms with van der Waals surface area (Å²) in [7, 11) is 1.65. The van der Waals surface area contributed by atoms with Crippen LogP contribution in [0, 0.1) is 6.92 Å². The molecule has 0 saturated carbocycles. The van der Waals surface area contributed by atoms with Crippen LogP contribution >= 0.6 is 35.3 Å². The first kappa shape index (κ1) is 22.6. The molecule has 0 unspecified atom stereocenters. The molecule has 0 spiro atoms. The molecule has 0 aliphatic carbocycles. The van der Waals surface area contributed by atoms with Gasteiger partial charge in [-0.3, -0.25) is 0 Å². The van der Waals surface area contributed by atoms with Gasteiger partial charge < -0.3 is 20.1 Å². The number of nitrogens with one attached hydrogen (secondary N) is 2. The number of guanidine groups is 1. The molecular weight excluding hydrogens is 461 g/mol. The zero-order valence-electron chi connectivity index (χ0n) is 15.8. The van der Waals surface area contributed by atoms with Crippen molar-refractivity contribution < 1.29 is 9.47 Å². The second-order valence-corrected chi connectivity index (χ2v) is 6.49. The largest absolute Gasteiger partial charge is 0.493 e. The minimum absolute atomic E-state index is 0. The van der Waals surface area contributed by atoms with Crippen molar-refractivity contribution >= 4 is 41.3 Å². The number of methoxy groups -OCH3 is 1. The Labute approximate surface area is 177 Å². The molecular formula is C19H28IN3O2S. The molecule has 0 fully saturated rings. The lowest BCUT2D eigenvalue weighted by molar-refractivity contribution is 0.310. The van der Waals surface area contributed by atoms with Crippen LogP contribution in [0.5, 0.6) is 11.5 Å². The average Bonchev–Trinajstić information content (AvgIpc) is 3.03. The van der Waals surface area contributed by atoms with Gasteiger partial charge in [-0.25, -0.2) is 4.99 Å². The molecule has 0 saturated heterocycles. The van der Waals surface area contributed by atoms with Gasteiger partial charge in [0.2, 0.25) is 0 Å². The van der Waals surface area contributed by atoms with E-state index >= 15 is 0 Å². The smallest absolute Gasteiger partial charge is 0.191 e. The van der Waals surface area contributed by atoms with E-state index in [0.29, 0.717) is 13.2 Å². The Morgan fingerprint density at radius 3 is 2.58 bits per heavy atom. The van der Waals surface area contributed by atoms with Gasteiger partial charge in [0, 0.05) is 11.4 Å². The summed E-state index contributed by atoms with van der Waals surface area (Å²) in [6.07, 6.45) is 0. The first-order valence-electron chi connectivity index (χ1n) is 8.52. The number of thiophene rings is 1. The summed E-state index contributed by atoms with van der Waals surface area (Å²) in [6.45, 7) is 8.93. The third kappa shape index (κ3) is 6.68. The van der Waals surface area contributed by atoms with Crippen molar-refractivity contribution in [2.24, 2.45) is 4.99 Å².